The van der Waals surface area contributed by atoms with E-state index in [2.05, 4.69) is 34.6 Å². The van der Waals surface area contributed by atoms with Crippen LogP contribution in [0.3, 0.4) is 0 Å². The summed E-state index contributed by atoms with van der Waals surface area (Å²) in [7, 11) is 0. The average molecular weight is 689 g/mol. The van der Waals surface area contributed by atoms with Gasteiger partial charge in [-0.1, -0.05) is 298 Å². The van der Waals surface area contributed by atoms with E-state index >= 15 is 0 Å². The molecule has 0 nitrogen and oxygen atoms in total. The van der Waals surface area contributed by atoms with E-state index in [1.54, 1.807) is 0 Å². The molecule has 0 saturated carbocycles. The van der Waals surface area contributed by atoms with E-state index in [0.29, 0.717) is 0 Å². The molecule has 0 aromatic carbocycles. The molecular formula is C49H100. The van der Waals surface area contributed by atoms with Crippen molar-refractivity contribution in [1.29, 1.82) is 0 Å². The molecule has 0 fully saturated rings. The van der Waals surface area contributed by atoms with Crippen LogP contribution < -0.4 is 0 Å². The Kier molecular flexibility index (Phi) is 42.4. The summed E-state index contributed by atoms with van der Waals surface area (Å²) < 4.78 is 0. The van der Waals surface area contributed by atoms with Gasteiger partial charge >= 0.3 is 0 Å². The molecule has 0 aromatic rings. The van der Waals surface area contributed by atoms with Crippen molar-refractivity contribution in [3.05, 3.63) is 0 Å². The van der Waals surface area contributed by atoms with E-state index in [9.17, 15) is 0 Å². The summed E-state index contributed by atoms with van der Waals surface area (Å²) in [6.07, 6.45) is 60.5. The first-order valence-corrected chi connectivity index (χ1v) is 24.1. The fourth-order valence-corrected chi connectivity index (χ4v) is 8.23. The van der Waals surface area contributed by atoms with Gasteiger partial charge in [-0.25, -0.2) is 0 Å². The van der Waals surface area contributed by atoms with Crippen molar-refractivity contribution in [2.24, 2.45) is 17.8 Å². The molecule has 3 atom stereocenters. The van der Waals surface area contributed by atoms with Crippen LogP contribution in [0.1, 0.15) is 298 Å². The summed E-state index contributed by atoms with van der Waals surface area (Å²) in [5.74, 6) is 2.86. The molecule has 49 heavy (non-hydrogen) atoms. The Hall–Kier alpha value is 0. The zero-order chi connectivity index (χ0) is 35.7. The van der Waals surface area contributed by atoms with Crippen LogP contribution >= 0.6 is 0 Å². The number of unbranched alkanes of at least 4 members (excludes halogenated alkanes) is 32. The summed E-state index contributed by atoms with van der Waals surface area (Å²) in [4.78, 5) is 0. The van der Waals surface area contributed by atoms with E-state index in [0.717, 1.165) is 17.8 Å². The zero-order valence-corrected chi connectivity index (χ0v) is 35.7. The van der Waals surface area contributed by atoms with Crippen LogP contribution in [-0.4, -0.2) is 0 Å². The first-order chi connectivity index (χ1) is 24.1. The Balaban J connectivity index is 3.26. The quantitative estimate of drug-likeness (QED) is 0.0559. The van der Waals surface area contributed by atoms with E-state index in [-0.39, 0.29) is 0 Å². The predicted molar refractivity (Wildman–Crippen MR) is 228 cm³/mol. The van der Waals surface area contributed by atoms with Crippen LogP contribution in [0.15, 0.2) is 0 Å². The largest absolute Gasteiger partial charge is 0.0654 e. The summed E-state index contributed by atoms with van der Waals surface area (Å²) >= 11 is 0. The van der Waals surface area contributed by atoms with Crippen LogP contribution in [0, 0.1) is 17.8 Å². The Morgan fingerprint density at radius 2 is 0.347 bits per heavy atom. The second-order valence-electron chi connectivity index (χ2n) is 17.7. The van der Waals surface area contributed by atoms with Gasteiger partial charge in [-0.2, -0.15) is 0 Å². The van der Waals surface area contributed by atoms with E-state index < -0.39 is 0 Å². The van der Waals surface area contributed by atoms with Crippen LogP contribution in [0.5, 0.6) is 0 Å². The predicted octanol–water partition coefficient (Wildman–Crippen LogP) is 18.9. The minimum Gasteiger partial charge on any atom is -0.0654 e. The van der Waals surface area contributed by atoms with Crippen molar-refractivity contribution >= 4 is 0 Å². The number of rotatable bonds is 43. The lowest BCUT2D eigenvalue weighted by Crippen LogP contribution is -2.01. The summed E-state index contributed by atoms with van der Waals surface area (Å²) in [5.41, 5.74) is 0. The maximum atomic E-state index is 2.53. The first kappa shape index (κ1) is 49.0. The van der Waals surface area contributed by atoms with Crippen molar-refractivity contribution in [2.45, 2.75) is 298 Å². The molecule has 0 bridgehead atoms. The van der Waals surface area contributed by atoms with Crippen LogP contribution in [0.25, 0.3) is 0 Å². The lowest BCUT2D eigenvalue weighted by Gasteiger charge is -2.15. The molecule has 0 aromatic heterocycles. The van der Waals surface area contributed by atoms with Crippen LogP contribution in [-0.2, 0) is 0 Å². The molecule has 0 N–H and O–H groups in total. The molecule has 0 aliphatic heterocycles. The lowest BCUT2D eigenvalue weighted by molar-refractivity contribution is 0.376. The molecule has 3 unspecified atom stereocenters. The summed E-state index contributed by atoms with van der Waals surface area (Å²) in [5, 5.41) is 0. The fourth-order valence-electron chi connectivity index (χ4n) is 8.23. The maximum absolute atomic E-state index is 2.53. The number of hydrogen-bond donors (Lipinski definition) is 0. The zero-order valence-electron chi connectivity index (χ0n) is 35.7. The average Bonchev–Trinajstić information content (AvgIpc) is 3.10. The lowest BCUT2D eigenvalue weighted by atomic mass is 9.91. The van der Waals surface area contributed by atoms with Gasteiger partial charge in [0.05, 0.1) is 0 Å². The monoisotopic (exact) mass is 689 g/mol. The normalized spacial score (nSPS) is 13.7. The van der Waals surface area contributed by atoms with Crippen LogP contribution in [0.2, 0.25) is 0 Å². The van der Waals surface area contributed by atoms with Crippen molar-refractivity contribution in [1.82, 2.24) is 0 Å². The van der Waals surface area contributed by atoms with Gasteiger partial charge in [0, 0.05) is 0 Å². The second-order valence-corrected chi connectivity index (χ2v) is 17.7. The van der Waals surface area contributed by atoms with E-state index in [1.165, 1.54) is 263 Å². The van der Waals surface area contributed by atoms with Gasteiger partial charge in [0.25, 0.3) is 0 Å². The highest BCUT2D eigenvalue weighted by Gasteiger charge is 2.07. The van der Waals surface area contributed by atoms with Crippen molar-refractivity contribution < 1.29 is 0 Å². The van der Waals surface area contributed by atoms with Crippen LogP contribution in [0.4, 0.5) is 0 Å². The fraction of sp³-hybridized carbons (Fsp3) is 1.00. The van der Waals surface area contributed by atoms with Gasteiger partial charge in [0.15, 0.2) is 0 Å². The summed E-state index contributed by atoms with van der Waals surface area (Å²) in [6, 6.07) is 0. The molecule has 0 heteroatoms. The Morgan fingerprint density at radius 1 is 0.184 bits per heavy atom. The molecule has 0 aliphatic rings. The highest BCUT2D eigenvalue weighted by atomic mass is 14.1. The third kappa shape index (κ3) is 42.3. The molecule has 0 rings (SSSR count). The van der Waals surface area contributed by atoms with Gasteiger partial charge in [-0.05, 0) is 17.8 Å². The third-order valence-corrected chi connectivity index (χ3v) is 12.1. The van der Waals surface area contributed by atoms with Gasteiger partial charge < -0.3 is 0 Å². The highest BCUT2D eigenvalue weighted by Crippen LogP contribution is 2.23. The SMILES string of the molecule is CCCCCCCCCCCCCCCCCCCCCC(C)CCC(C)CCCCCCCCCCCCCCCCC(C)CCCC. The van der Waals surface area contributed by atoms with Crippen molar-refractivity contribution in [2.75, 3.05) is 0 Å². The van der Waals surface area contributed by atoms with Gasteiger partial charge in [0.2, 0.25) is 0 Å². The molecule has 0 aliphatic carbocycles. The van der Waals surface area contributed by atoms with E-state index in [1.807, 2.05) is 0 Å². The van der Waals surface area contributed by atoms with Crippen molar-refractivity contribution in [3.63, 3.8) is 0 Å². The standard InChI is InChI=1S/C49H100/c1-6-8-10-11-12-13-14-15-16-17-18-19-20-23-27-30-33-36-39-43-48(4)45-46-49(5)44-40-37-34-31-28-25-22-21-24-26-29-32-35-38-42-47(3)41-9-7-2/h47-49H,6-46H2,1-5H3. The second kappa shape index (κ2) is 42.4. The molecule has 0 saturated heterocycles. The Labute approximate surface area is 314 Å². The molecule has 0 spiro atoms. The minimum absolute atomic E-state index is 0.946. The maximum Gasteiger partial charge on any atom is -0.0443 e. The van der Waals surface area contributed by atoms with Crippen molar-refractivity contribution in [3.8, 4) is 0 Å². The topological polar surface area (TPSA) is 0 Å². The van der Waals surface area contributed by atoms with Gasteiger partial charge in [-0.3, -0.25) is 0 Å². The summed E-state index contributed by atoms with van der Waals surface area (Å²) in [6.45, 7) is 12.1. The Bertz CT molecular complexity index is 564. The molecule has 0 radical (unpaired) electrons. The smallest absolute Gasteiger partial charge is 0.0443 e. The minimum atomic E-state index is 0.946. The third-order valence-electron chi connectivity index (χ3n) is 12.1. The molecule has 0 amide bonds. The molecule has 296 valence electrons. The molecule has 0 heterocycles. The highest BCUT2D eigenvalue weighted by molar-refractivity contribution is 4.61. The molecular weight excluding hydrogens is 589 g/mol. The van der Waals surface area contributed by atoms with E-state index in [4.69, 9.17) is 0 Å². The first-order valence-electron chi connectivity index (χ1n) is 24.1. The van der Waals surface area contributed by atoms with Gasteiger partial charge in [0.1, 0.15) is 0 Å². The van der Waals surface area contributed by atoms with Gasteiger partial charge in [-0.15, -0.1) is 0 Å². The number of hydrogen-bond acceptors (Lipinski definition) is 0. The Morgan fingerprint density at radius 3 is 0.571 bits per heavy atom.